The Bertz CT molecular complexity index is 457. The maximum absolute atomic E-state index is 5.97. The molecule has 0 aliphatic rings. The Labute approximate surface area is 145 Å². The van der Waals surface area contributed by atoms with E-state index in [4.69, 9.17) is 11.6 Å². The van der Waals surface area contributed by atoms with Gasteiger partial charge in [0.1, 0.15) is 6.34 Å². The van der Waals surface area contributed by atoms with Gasteiger partial charge < -0.3 is 0 Å². The topological polar surface area (TPSA) is 18.8 Å². The van der Waals surface area contributed by atoms with Crippen molar-refractivity contribution in [3.8, 4) is 0 Å². The lowest BCUT2D eigenvalue weighted by molar-refractivity contribution is 0.435. The fourth-order valence-corrected chi connectivity index (χ4v) is 3.07. The Balaban J connectivity index is 2.57. The molecule has 0 unspecified atom stereocenters. The van der Waals surface area contributed by atoms with E-state index in [1.165, 1.54) is 25.7 Å². The summed E-state index contributed by atoms with van der Waals surface area (Å²) in [6.07, 6.45) is 6.80. The fraction of sp³-hybridized carbons (Fsp3) is 0.588. The molecule has 0 spiro atoms. The molecule has 0 amide bonds. The molecule has 0 aromatic heterocycles. The highest BCUT2D eigenvalue weighted by Gasteiger charge is 2.07. The van der Waals surface area contributed by atoms with E-state index in [1.54, 1.807) is 12.1 Å². The third-order valence-electron chi connectivity index (χ3n) is 3.28. The summed E-state index contributed by atoms with van der Waals surface area (Å²) in [7, 11) is 2.05. The molecule has 5 heteroatoms. The maximum atomic E-state index is 5.97. The average molecular weight is 342 g/mol. The molecule has 1 aromatic rings. The molecule has 0 bridgehead atoms. The van der Waals surface area contributed by atoms with Crippen LogP contribution in [0, 0.1) is 6.92 Å². The van der Waals surface area contributed by atoms with Gasteiger partial charge in [-0.1, -0.05) is 38.3 Å². The van der Waals surface area contributed by atoms with Crippen molar-refractivity contribution in [2.45, 2.75) is 46.5 Å². The van der Waals surface area contributed by atoms with Gasteiger partial charge >= 0.3 is 0 Å². The lowest BCUT2D eigenvalue weighted by Crippen LogP contribution is -2.24. The molecule has 1 aromatic carbocycles. The second kappa shape index (κ2) is 10.9. The molecule has 0 saturated heterocycles. The Hall–Kier alpha value is -0.710. The van der Waals surface area contributed by atoms with E-state index in [-0.39, 0.29) is 0 Å². The van der Waals surface area contributed by atoms with Gasteiger partial charge in [0.05, 0.1) is 5.69 Å². The third-order valence-corrected chi connectivity index (χ3v) is 4.47. The highest BCUT2D eigenvalue weighted by Crippen LogP contribution is 2.22. The van der Waals surface area contributed by atoms with Crippen LogP contribution < -0.4 is 0 Å². The maximum Gasteiger partial charge on any atom is 0.102 e. The van der Waals surface area contributed by atoms with Crippen LogP contribution in [0.15, 0.2) is 23.2 Å². The molecule has 0 atom stereocenters. The first-order chi connectivity index (χ1) is 10.6. The highest BCUT2D eigenvalue weighted by molar-refractivity contribution is 7.95. The zero-order valence-electron chi connectivity index (χ0n) is 14.2. The minimum absolute atomic E-state index is 0.754. The van der Waals surface area contributed by atoms with Crippen LogP contribution in [-0.4, -0.2) is 35.1 Å². The molecule has 0 aliphatic carbocycles. The van der Waals surface area contributed by atoms with Crippen molar-refractivity contribution in [2.75, 3.05) is 20.1 Å². The van der Waals surface area contributed by atoms with Gasteiger partial charge in [0.15, 0.2) is 0 Å². The van der Waals surface area contributed by atoms with Gasteiger partial charge in [0.2, 0.25) is 0 Å². The SMILES string of the molecule is CCCCN(CCCC)SN(C)/C=N/c1ccc(Cl)cc1C. The molecule has 22 heavy (non-hydrogen) atoms. The van der Waals surface area contributed by atoms with Crippen molar-refractivity contribution in [3.05, 3.63) is 28.8 Å². The third kappa shape index (κ3) is 7.52. The normalized spacial score (nSPS) is 11.5. The fourth-order valence-electron chi connectivity index (χ4n) is 1.97. The van der Waals surface area contributed by atoms with Crippen molar-refractivity contribution >= 4 is 35.8 Å². The van der Waals surface area contributed by atoms with E-state index >= 15 is 0 Å². The number of unbranched alkanes of at least 4 members (excludes halogenated alkanes) is 2. The first kappa shape index (κ1) is 19.3. The lowest BCUT2D eigenvalue weighted by Gasteiger charge is -2.24. The first-order valence-corrected chi connectivity index (χ1v) is 9.13. The summed E-state index contributed by atoms with van der Waals surface area (Å²) in [4.78, 5) is 4.56. The van der Waals surface area contributed by atoms with Gasteiger partial charge in [-0.25, -0.2) is 9.30 Å². The summed E-state index contributed by atoms with van der Waals surface area (Å²) in [5.74, 6) is 0. The lowest BCUT2D eigenvalue weighted by atomic mass is 10.2. The summed E-state index contributed by atoms with van der Waals surface area (Å²) in [5.41, 5.74) is 2.06. The van der Waals surface area contributed by atoms with Crippen LogP contribution in [-0.2, 0) is 0 Å². The van der Waals surface area contributed by atoms with E-state index in [0.29, 0.717) is 0 Å². The van der Waals surface area contributed by atoms with Crippen molar-refractivity contribution < 1.29 is 0 Å². The molecule has 0 N–H and O–H groups in total. The molecule has 0 saturated carbocycles. The highest BCUT2D eigenvalue weighted by atomic mass is 35.5. The minimum atomic E-state index is 0.754. The predicted octanol–water partition coefficient (Wildman–Crippen LogP) is 5.71. The second-order valence-corrected chi connectivity index (χ2v) is 7.13. The van der Waals surface area contributed by atoms with Crippen molar-refractivity contribution in [1.82, 2.24) is 8.61 Å². The van der Waals surface area contributed by atoms with E-state index in [9.17, 15) is 0 Å². The Morgan fingerprint density at radius 2 is 1.82 bits per heavy atom. The summed E-state index contributed by atoms with van der Waals surface area (Å²) in [5, 5.41) is 0.754. The molecule has 124 valence electrons. The van der Waals surface area contributed by atoms with Crippen molar-refractivity contribution in [3.63, 3.8) is 0 Å². The van der Waals surface area contributed by atoms with E-state index in [2.05, 4.69) is 27.5 Å². The number of rotatable bonds is 10. The molecular weight excluding hydrogens is 314 g/mol. The quantitative estimate of drug-likeness (QED) is 0.309. The zero-order chi connectivity index (χ0) is 16.4. The van der Waals surface area contributed by atoms with Crippen LogP contribution in [0.3, 0.4) is 0 Å². The van der Waals surface area contributed by atoms with Gasteiger partial charge in [-0.15, -0.1) is 0 Å². The van der Waals surface area contributed by atoms with E-state index in [0.717, 1.165) is 29.4 Å². The van der Waals surface area contributed by atoms with Crippen LogP contribution in [0.5, 0.6) is 0 Å². The Morgan fingerprint density at radius 3 is 2.36 bits per heavy atom. The van der Waals surface area contributed by atoms with Crippen LogP contribution in [0.25, 0.3) is 0 Å². The summed E-state index contributed by atoms with van der Waals surface area (Å²) in [6.45, 7) is 8.74. The van der Waals surface area contributed by atoms with Gasteiger partial charge in [-0.3, -0.25) is 4.31 Å². The monoisotopic (exact) mass is 341 g/mol. The smallest absolute Gasteiger partial charge is 0.102 e. The molecule has 0 fully saturated rings. The van der Waals surface area contributed by atoms with Crippen LogP contribution >= 0.6 is 23.7 Å². The van der Waals surface area contributed by atoms with Crippen molar-refractivity contribution in [1.29, 1.82) is 0 Å². The Kier molecular flexibility index (Phi) is 9.60. The number of hydrogen-bond donors (Lipinski definition) is 0. The van der Waals surface area contributed by atoms with E-state index in [1.807, 2.05) is 38.5 Å². The number of hydrogen-bond acceptors (Lipinski definition) is 3. The number of halogens is 1. The predicted molar refractivity (Wildman–Crippen MR) is 101 cm³/mol. The number of benzene rings is 1. The van der Waals surface area contributed by atoms with Crippen LogP contribution in [0.2, 0.25) is 5.02 Å². The van der Waals surface area contributed by atoms with Crippen LogP contribution in [0.4, 0.5) is 5.69 Å². The summed E-state index contributed by atoms with van der Waals surface area (Å²) >= 11 is 7.72. The summed E-state index contributed by atoms with van der Waals surface area (Å²) in [6, 6.07) is 5.78. The standard InChI is InChI=1S/C17H28ClN3S/c1-5-7-11-21(12-8-6-2)22-20(4)14-19-17-10-9-16(18)13-15(17)3/h9-10,13-14H,5-8,11-12H2,1-4H3/b19-14+. The Morgan fingerprint density at radius 1 is 1.18 bits per heavy atom. The molecular formula is C17H28ClN3S. The molecule has 3 nitrogen and oxygen atoms in total. The largest absolute Gasteiger partial charge is 0.297 e. The van der Waals surface area contributed by atoms with Gasteiger partial charge in [0.25, 0.3) is 0 Å². The van der Waals surface area contributed by atoms with Gasteiger partial charge in [-0.05, 0) is 43.5 Å². The average Bonchev–Trinajstić information content (AvgIpc) is 2.49. The molecule has 1 rings (SSSR count). The molecule has 0 aliphatic heterocycles. The van der Waals surface area contributed by atoms with E-state index < -0.39 is 0 Å². The number of nitrogens with zero attached hydrogens (tertiary/aromatic N) is 3. The number of aryl methyl sites for hydroxylation is 1. The van der Waals surface area contributed by atoms with Crippen molar-refractivity contribution in [2.24, 2.45) is 4.99 Å². The first-order valence-electron chi connectivity index (χ1n) is 8.03. The van der Waals surface area contributed by atoms with Gasteiger partial charge in [0, 0.05) is 37.3 Å². The second-order valence-electron chi connectivity index (χ2n) is 5.44. The minimum Gasteiger partial charge on any atom is -0.297 e. The van der Waals surface area contributed by atoms with Crippen LogP contribution in [0.1, 0.15) is 45.1 Å². The van der Waals surface area contributed by atoms with Gasteiger partial charge in [-0.2, -0.15) is 0 Å². The number of aliphatic imine (C=N–C) groups is 1. The molecule has 0 heterocycles. The summed E-state index contributed by atoms with van der Waals surface area (Å²) < 4.78 is 4.49. The molecule has 0 radical (unpaired) electrons. The zero-order valence-corrected chi connectivity index (χ0v) is 15.8.